The largest absolute Gasteiger partial charge is 0.800 e. The number of benzene rings is 1. The molecule has 1 aliphatic rings. The fourth-order valence-corrected chi connectivity index (χ4v) is 3.20. The Labute approximate surface area is 176 Å². The first-order chi connectivity index (χ1) is 11.6. The molecule has 1 aromatic heterocycles. The summed E-state index contributed by atoms with van der Waals surface area (Å²) >= 11 is 10.3. The van der Waals surface area contributed by atoms with E-state index in [0.717, 1.165) is 43.1 Å². The zero-order valence-corrected chi connectivity index (χ0v) is 17.7. The third-order valence-electron chi connectivity index (χ3n) is 4.22. The monoisotopic (exact) mass is 553 g/mol. The molecule has 2 aromatic rings. The topological polar surface area (TPSA) is 31.7 Å². The minimum Gasteiger partial charge on any atom is -0.800 e. The molecule has 4 nitrogen and oxygen atoms in total. The van der Waals surface area contributed by atoms with Gasteiger partial charge in [-0.25, -0.2) is 4.71 Å². The van der Waals surface area contributed by atoms with Gasteiger partial charge in [-0.2, -0.15) is 0 Å². The van der Waals surface area contributed by atoms with Crippen molar-refractivity contribution in [1.29, 1.82) is 0 Å². The Kier molecular flexibility index (Phi) is 8.06. The molecule has 1 aliphatic heterocycles. The maximum absolute atomic E-state index is 5.16. The van der Waals surface area contributed by atoms with Crippen LogP contribution in [-0.4, -0.2) is 46.5 Å². The fourth-order valence-electron chi connectivity index (χ4n) is 2.78. The molecule has 0 aliphatic carbocycles. The van der Waals surface area contributed by atoms with Crippen molar-refractivity contribution in [1.82, 2.24) is 9.88 Å². The molecule has 2 heterocycles. The summed E-state index contributed by atoms with van der Waals surface area (Å²) in [6.45, 7) is 5.80. The minimum absolute atomic E-state index is 0. The first-order valence-corrected chi connectivity index (χ1v) is 8.94. The molecule has 1 radical (unpaired) electrons. The van der Waals surface area contributed by atoms with E-state index in [1.807, 2.05) is 19.1 Å². The van der Waals surface area contributed by atoms with Crippen molar-refractivity contribution in [2.45, 2.75) is 11.6 Å². The third kappa shape index (κ3) is 5.61. The summed E-state index contributed by atoms with van der Waals surface area (Å²) in [6.07, 6.45) is 3.57. The number of nitrogens with zero attached hydrogens (tertiary/aromatic N) is 4. The second-order valence-corrected chi connectivity index (χ2v) is 6.97. The molecule has 1 aromatic carbocycles. The number of anilines is 1. The Hall–Kier alpha value is -0.760. The summed E-state index contributed by atoms with van der Waals surface area (Å²) in [4.78, 5) is 13.3. The summed E-state index contributed by atoms with van der Waals surface area (Å²) in [5, 5.41) is 0. The molecule has 7 heteroatoms. The van der Waals surface area contributed by atoms with E-state index in [9.17, 15) is 0 Å². The Morgan fingerprint density at radius 1 is 1.00 bits per heavy atom. The van der Waals surface area contributed by atoms with Crippen LogP contribution in [0, 0.1) is 0 Å². The van der Waals surface area contributed by atoms with Crippen LogP contribution in [0.2, 0.25) is 0 Å². The van der Waals surface area contributed by atoms with Gasteiger partial charge in [0.1, 0.15) is 0 Å². The first kappa shape index (κ1) is 20.6. The summed E-state index contributed by atoms with van der Waals surface area (Å²) < 4.78 is -0.194. The van der Waals surface area contributed by atoms with Gasteiger partial charge in [-0.3, -0.25) is 9.98 Å². The maximum Gasteiger partial charge on any atom is 0.0634 e. The van der Waals surface area contributed by atoms with Crippen LogP contribution < -0.4 is 4.90 Å². The van der Waals surface area contributed by atoms with Gasteiger partial charge in [-0.05, 0) is 48.9 Å². The number of aromatic nitrogens is 1. The molecule has 137 valence electrons. The number of hydrogen-bond acceptors (Lipinski definition) is 6. The van der Waals surface area contributed by atoms with Gasteiger partial charge in [0.05, 0.1) is 5.69 Å². The summed E-state index contributed by atoms with van der Waals surface area (Å²) in [5.74, 6) is 0. The average Bonchev–Trinajstić information content (AvgIpc) is 2.63. The summed E-state index contributed by atoms with van der Waals surface area (Å²) in [7, 11) is 0. The molecule has 25 heavy (non-hydrogen) atoms. The van der Waals surface area contributed by atoms with Crippen LogP contribution in [0.1, 0.15) is 12.5 Å². The Balaban J connectivity index is 0.00000225. The minimum atomic E-state index is -0.194. The van der Waals surface area contributed by atoms with Gasteiger partial charge in [0, 0.05) is 72.4 Å². The summed E-state index contributed by atoms with van der Waals surface area (Å²) in [6, 6.07) is 12.3. The van der Waals surface area contributed by atoms with Crippen molar-refractivity contribution in [3.8, 4) is 0 Å². The Morgan fingerprint density at radius 2 is 1.60 bits per heavy atom. The molecular formula is C18H20AuN4S2-2. The van der Waals surface area contributed by atoms with Crippen molar-refractivity contribution < 1.29 is 22.4 Å². The van der Waals surface area contributed by atoms with Crippen LogP contribution in [0.5, 0.6) is 0 Å². The van der Waals surface area contributed by atoms with Crippen molar-refractivity contribution >= 4 is 42.3 Å². The average molecular weight is 553 g/mol. The van der Waals surface area contributed by atoms with E-state index in [4.69, 9.17) is 25.3 Å². The van der Waals surface area contributed by atoms with Crippen LogP contribution in [-0.2, 0) is 47.6 Å². The summed E-state index contributed by atoms with van der Waals surface area (Å²) in [5.41, 5.74) is 4.26. The molecule has 1 fully saturated rings. The molecule has 0 atom stereocenters. The van der Waals surface area contributed by atoms with Crippen molar-refractivity contribution in [2.24, 2.45) is 4.99 Å². The second-order valence-electron chi connectivity index (χ2n) is 5.78. The Bertz CT molecular complexity index is 684. The van der Waals surface area contributed by atoms with E-state index in [2.05, 4.69) is 44.0 Å². The van der Waals surface area contributed by atoms with E-state index >= 15 is 0 Å². The van der Waals surface area contributed by atoms with E-state index in [-0.39, 0.29) is 27.1 Å². The third-order valence-corrected chi connectivity index (χ3v) is 4.82. The standard InChI is InChI=1S/C18H22N4S2.Au/c1-14(15-6-8-19-9-7-15)20-16-2-4-17(5-3-16)21-10-12-22(13-11-21)18(23)24;/h2-9,18,23-24H,10-13H2,1H3;/p-2. The molecule has 3 rings (SSSR count). The SMILES string of the molecule is CC(=Nc1ccc(N2CCN(C([S-])[S-])CC2)cc1)c1ccncc1.[Au]. The van der Waals surface area contributed by atoms with Gasteiger partial charge < -0.3 is 35.1 Å². The quantitative estimate of drug-likeness (QED) is 0.331. The molecule has 0 saturated carbocycles. The molecule has 1 saturated heterocycles. The van der Waals surface area contributed by atoms with Crippen molar-refractivity contribution in [3.63, 3.8) is 0 Å². The van der Waals surface area contributed by atoms with Crippen LogP contribution >= 0.6 is 0 Å². The number of rotatable bonds is 4. The zero-order valence-electron chi connectivity index (χ0n) is 13.9. The van der Waals surface area contributed by atoms with Crippen LogP contribution in [0.25, 0.3) is 0 Å². The number of pyridine rings is 1. The molecule has 0 N–H and O–H groups in total. The van der Waals surface area contributed by atoms with Gasteiger partial charge in [0.2, 0.25) is 0 Å². The molecular weight excluding hydrogens is 533 g/mol. The van der Waals surface area contributed by atoms with Gasteiger partial charge >= 0.3 is 0 Å². The van der Waals surface area contributed by atoms with E-state index in [1.165, 1.54) is 5.69 Å². The number of aliphatic imine (C=N–C) groups is 1. The smallest absolute Gasteiger partial charge is 0.0634 e. The van der Waals surface area contributed by atoms with Gasteiger partial charge in [0.15, 0.2) is 0 Å². The fraction of sp³-hybridized carbons (Fsp3) is 0.333. The Morgan fingerprint density at radius 3 is 2.16 bits per heavy atom. The molecule has 0 bridgehead atoms. The molecule has 0 amide bonds. The van der Waals surface area contributed by atoms with Gasteiger partial charge in [-0.15, -0.1) is 0 Å². The maximum atomic E-state index is 5.16. The van der Waals surface area contributed by atoms with E-state index in [1.54, 1.807) is 12.4 Å². The predicted molar refractivity (Wildman–Crippen MR) is 105 cm³/mol. The molecule has 0 unspecified atom stereocenters. The van der Waals surface area contributed by atoms with Crippen LogP contribution in [0.15, 0.2) is 53.8 Å². The van der Waals surface area contributed by atoms with E-state index < -0.39 is 0 Å². The van der Waals surface area contributed by atoms with Crippen LogP contribution in [0.3, 0.4) is 0 Å². The normalized spacial score (nSPS) is 16.0. The second kappa shape index (κ2) is 9.80. The number of piperazine rings is 1. The van der Waals surface area contributed by atoms with Gasteiger partial charge in [-0.1, -0.05) is 0 Å². The van der Waals surface area contributed by atoms with E-state index in [0.29, 0.717) is 0 Å². The van der Waals surface area contributed by atoms with Crippen molar-refractivity contribution in [3.05, 3.63) is 54.4 Å². The predicted octanol–water partition coefficient (Wildman–Crippen LogP) is 2.72. The van der Waals surface area contributed by atoms with Gasteiger partial charge in [0.25, 0.3) is 0 Å². The van der Waals surface area contributed by atoms with Crippen LogP contribution in [0.4, 0.5) is 11.4 Å². The zero-order chi connectivity index (χ0) is 16.9. The first-order valence-electron chi connectivity index (χ1n) is 8.00. The van der Waals surface area contributed by atoms with Crippen molar-refractivity contribution in [2.75, 3.05) is 31.1 Å². The molecule has 0 spiro atoms. The number of hydrogen-bond donors (Lipinski definition) is 0.